The van der Waals surface area contributed by atoms with Crippen LogP contribution in [0.5, 0.6) is 0 Å². The van der Waals surface area contributed by atoms with Gasteiger partial charge in [-0.3, -0.25) is 4.79 Å². The summed E-state index contributed by atoms with van der Waals surface area (Å²) in [6.07, 6.45) is 1.91. The lowest BCUT2D eigenvalue weighted by Crippen LogP contribution is -2.30. The second-order valence-electron chi connectivity index (χ2n) is 5.89. The molecule has 1 amide bonds. The Morgan fingerprint density at radius 3 is 2.83 bits per heavy atom. The number of benzene rings is 1. The fraction of sp³-hybridized carbons (Fsp3) is 0.438. The van der Waals surface area contributed by atoms with Crippen LogP contribution in [-0.4, -0.2) is 34.0 Å². The number of halogens is 1. The normalized spacial score (nSPS) is 15.6. The summed E-state index contributed by atoms with van der Waals surface area (Å²) in [7, 11) is 0. The predicted molar refractivity (Wildman–Crippen MR) is 85.0 cm³/mol. The van der Waals surface area contributed by atoms with Crippen molar-refractivity contribution in [2.45, 2.75) is 32.7 Å². The van der Waals surface area contributed by atoms with Crippen LogP contribution in [0.25, 0.3) is 0 Å². The fourth-order valence-electron chi connectivity index (χ4n) is 2.87. The zero-order chi connectivity index (χ0) is 16.4. The van der Waals surface area contributed by atoms with Gasteiger partial charge >= 0.3 is 0 Å². The first-order valence-corrected chi connectivity index (χ1v) is 7.76. The lowest BCUT2D eigenvalue weighted by Gasteiger charge is -2.23. The van der Waals surface area contributed by atoms with Gasteiger partial charge < -0.3 is 10.6 Å². The van der Waals surface area contributed by atoms with Crippen molar-refractivity contribution in [3.63, 3.8) is 0 Å². The van der Waals surface area contributed by atoms with Gasteiger partial charge in [0.05, 0.1) is 17.4 Å². The maximum absolute atomic E-state index is 13.8. The van der Waals surface area contributed by atoms with E-state index in [0.29, 0.717) is 5.69 Å². The van der Waals surface area contributed by atoms with Crippen LogP contribution < -0.4 is 10.6 Å². The molecule has 0 unspecified atom stereocenters. The second kappa shape index (κ2) is 6.45. The summed E-state index contributed by atoms with van der Waals surface area (Å²) in [5, 5.41) is 14.0. The number of aromatic nitrogens is 3. The maximum Gasteiger partial charge on any atom is 0.278 e. The van der Waals surface area contributed by atoms with Gasteiger partial charge in [0.25, 0.3) is 5.91 Å². The summed E-state index contributed by atoms with van der Waals surface area (Å²) in [6.45, 7) is 5.53. The highest BCUT2D eigenvalue weighted by Crippen LogP contribution is 2.21. The molecule has 2 aromatic rings. The predicted octanol–water partition coefficient (Wildman–Crippen LogP) is 2.21. The van der Waals surface area contributed by atoms with Crippen molar-refractivity contribution >= 4 is 11.6 Å². The minimum atomic E-state index is -0.465. The van der Waals surface area contributed by atoms with Crippen LogP contribution in [0.1, 0.15) is 40.6 Å². The Morgan fingerprint density at radius 1 is 1.35 bits per heavy atom. The molecule has 23 heavy (non-hydrogen) atoms. The molecule has 1 aromatic heterocycles. The van der Waals surface area contributed by atoms with E-state index in [9.17, 15) is 9.18 Å². The molecule has 0 atom stereocenters. The molecular weight excluding hydrogens is 297 g/mol. The highest BCUT2D eigenvalue weighted by Gasteiger charge is 2.23. The first kappa shape index (κ1) is 15.6. The topological polar surface area (TPSA) is 71.8 Å². The van der Waals surface area contributed by atoms with Crippen molar-refractivity contribution in [3.8, 4) is 0 Å². The number of amides is 1. The third-order valence-corrected chi connectivity index (χ3v) is 4.17. The summed E-state index contributed by atoms with van der Waals surface area (Å²) in [5.74, 6) is -0.903. The molecule has 122 valence electrons. The van der Waals surface area contributed by atoms with Gasteiger partial charge in [-0.1, -0.05) is 11.3 Å². The van der Waals surface area contributed by atoms with Crippen molar-refractivity contribution in [2.24, 2.45) is 0 Å². The number of rotatable bonds is 3. The number of anilines is 1. The molecule has 0 bridgehead atoms. The van der Waals surface area contributed by atoms with Crippen molar-refractivity contribution in [2.75, 3.05) is 18.4 Å². The van der Waals surface area contributed by atoms with Crippen molar-refractivity contribution in [3.05, 3.63) is 41.0 Å². The van der Waals surface area contributed by atoms with Gasteiger partial charge in [0.2, 0.25) is 0 Å². The van der Waals surface area contributed by atoms with Crippen LogP contribution in [0.3, 0.4) is 0 Å². The lowest BCUT2D eigenvalue weighted by atomic mass is 10.1. The van der Waals surface area contributed by atoms with E-state index in [4.69, 9.17) is 0 Å². The van der Waals surface area contributed by atoms with Gasteiger partial charge in [-0.25, -0.2) is 9.07 Å². The van der Waals surface area contributed by atoms with Crippen molar-refractivity contribution < 1.29 is 9.18 Å². The SMILES string of the molecule is Cc1ccc(F)c(NC(=O)c2nnn(C3CCNCC3)c2C)c1. The summed E-state index contributed by atoms with van der Waals surface area (Å²) < 4.78 is 15.6. The van der Waals surface area contributed by atoms with E-state index in [1.54, 1.807) is 12.1 Å². The molecule has 1 saturated heterocycles. The average molecular weight is 317 g/mol. The van der Waals surface area contributed by atoms with Crippen LogP contribution in [-0.2, 0) is 0 Å². The van der Waals surface area contributed by atoms with E-state index in [1.807, 2.05) is 18.5 Å². The van der Waals surface area contributed by atoms with Crippen LogP contribution in [0.4, 0.5) is 10.1 Å². The summed E-state index contributed by atoms with van der Waals surface area (Å²) >= 11 is 0. The standard InChI is InChI=1S/C16H20FN5O/c1-10-3-4-13(17)14(9-10)19-16(23)15-11(2)22(21-20-15)12-5-7-18-8-6-12/h3-4,9,12,18H,5-8H2,1-2H3,(H,19,23). The van der Waals surface area contributed by atoms with E-state index in [1.165, 1.54) is 6.07 Å². The molecule has 3 rings (SSSR count). The third kappa shape index (κ3) is 3.24. The molecule has 1 aliphatic rings. The smallest absolute Gasteiger partial charge is 0.278 e. The molecule has 0 aliphatic carbocycles. The summed E-state index contributed by atoms with van der Waals surface area (Å²) in [4.78, 5) is 12.4. The highest BCUT2D eigenvalue weighted by molar-refractivity contribution is 6.03. The number of hydrogen-bond donors (Lipinski definition) is 2. The maximum atomic E-state index is 13.8. The molecule has 6 nitrogen and oxygen atoms in total. The fourth-order valence-corrected chi connectivity index (χ4v) is 2.87. The molecule has 7 heteroatoms. The van der Waals surface area contributed by atoms with Crippen LogP contribution in [0, 0.1) is 19.7 Å². The molecule has 2 N–H and O–H groups in total. The van der Waals surface area contributed by atoms with Crippen molar-refractivity contribution in [1.29, 1.82) is 0 Å². The monoisotopic (exact) mass is 317 g/mol. The molecule has 1 fully saturated rings. The molecule has 0 saturated carbocycles. The summed E-state index contributed by atoms with van der Waals surface area (Å²) in [6, 6.07) is 4.84. The molecule has 2 heterocycles. The van der Waals surface area contributed by atoms with E-state index in [0.717, 1.165) is 31.5 Å². The Balaban J connectivity index is 1.80. The number of hydrogen-bond acceptors (Lipinski definition) is 4. The number of nitrogens with one attached hydrogen (secondary N) is 2. The van der Waals surface area contributed by atoms with Gasteiger partial charge in [0.15, 0.2) is 5.69 Å². The molecule has 1 aliphatic heterocycles. The van der Waals surface area contributed by atoms with Gasteiger partial charge in [0.1, 0.15) is 5.82 Å². The van der Waals surface area contributed by atoms with Crippen molar-refractivity contribution in [1.82, 2.24) is 20.3 Å². The molecular formula is C16H20FN5O. The second-order valence-corrected chi connectivity index (χ2v) is 5.89. The first-order valence-electron chi connectivity index (χ1n) is 7.76. The number of piperidine rings is 1. The average Bonchev–Trinajstić information content (AvgIpc) is 2.93. The third-order valence-electron chi connectivity index (χ3n) is 4.17. The number of carbonyl (C=O) groups excluding carboxylic acids is 1. The van der Waals surface area contributed by atoms with E-state index in [-0.39, 0.29) is 17.4 Å². The van der Waals surface area contributed by atoms with E-state index < -0.39 is 11.7 Å². The minimum Gasteiger partial charge on any atom is -0.318 e. The zero-order valence-corrected chi connectivity index (χ0v) is 13.3. The first-order chi connectivity index (χ1) is 11.1. The van der Waals surface area contributed by atoms with Gasteiger partial charge in [0, 0.05) is 0 Å². The van der Waals surface area contributed by atoms with Gasteiger partial charge in [-0.05, 0) is 57.5 Å². The quantitative estimate of drug-likeness (QED) is 0.910. The number of aryl methyl sites for hydroxylation is 1. The largest absolute Gasteiger partial charge is 0.318 e. The molecule has 0 radical (unpaired) electrons. The van der Waals surface area contributed by atoms with Crippen LogP contribution in [0.2, 0.25) is 0 Å². The molecule has 0 spiro atoms. The Morgan fingerprint density at radius 2 is 2.09 bits per heavy atom. The Labute approximate surface area is 134 Å². The van der Waals surface area contributed by atoms with Crippen LogP contribution in [0.15, 0.2) is 18.2 Å². The lowest BCUT2D eigenvalue weighted by molar-refractivity contribution is 0.102. The Bertz CT molecular complexity index is 721. The highest BCUT2D eigenvalue weighted by atomic mass is 19.1. The number of carbonyl (C=O) groups is 1. The summed E-state index contributed by atoms with van der Waals surface area (Å²) in [5.41, 5.74) is 1.98. The van der Waals surface area contributed by atoms with E-state index in [2.05, 4.69) is 20.9 Å². The van der Waals surface area contributed by atoms with Gasteiger partial charge in [-0.2, -0.15) is 0 Å². The Kier molecular flexibility index (Phi) is 4.38. The zero-order valence-electron chi connectivity index (χ0n) is 13.3. The number of nitrogens with zero attached hydrogens (tertiary/aromatic N) is 3. The minimum absolute atomic E-state index is 0.158. The van der Waals surface area contributed by atoms with Gasteiger partial charge in [-0.15, -0.1) is 5.10 Å². The van der Waals surface area contributed by atoms with Crippen LogP contribution >= 0.6 is 0 Å². The Hall–Kier alpha value is -2.28. The molecule has 1 aromatic carbocycles. The van der Waals surface area contributed by atoms with E-state index >= 15 is 0 Å².